The molecule has 0 spiro atoms. The molecule has 0 atom stereocenters. The quantitative estimate of drug-likeness (QED) is 0.556. The average molecular weight is 275 g/mol. The zero-order chi connectivity index (χ0) is 14.2. The van der Waals surface area contributed by atoms with Crippen molar-refractivity contribution in [2.45, 2.75) is 6.92 Å². The lowest BCUT2D eigenvalue weighted by Gasteiger charge is -2.01. The Morgan fingerprint density at radius 1 is 0.952 bits per heavy atom. The molecule has 0 bridgehead atoms. The molecule has 21 heavy (non-hydrogen) atoms. The van der Waals surface area contributed by atoms with Crippen molar-refractivity contribution in [2.75, 3.05) is 0 Å². The normalized spacial score (nSPS) is 11.1. The average Bonchev–Trinajstić information content (AvgIpc) is 3.11. The van der Waals surface area contributed by atoms with E-state index in [1.807, 2.05) is 72.4 Å². The van der Waals surface area contributed by atoms with Gasteiger partial charge in [-0.3, -0.25) is 0 Å². The van der Waals surface area contributed by atoms with Crippen LogP contribution in [0.5, 0.6) is 0 Å². The first-order valence-electron chi connectivity index (χ1n) is 6.78. The molecule has 0 amide bonds. The summed E-state index contributed by atoms with van der Waals surface area (Å²) in [5.41, 5.74) is 4.75. The fraction of sp³-hybridized carbons (Fsp3) is 0.0588. The van der Waals surface area contributed by atoms with Crippen molar-refractivity contribution in [2.24, 2.45) is 0 Å². The Kier molecular flexibility index (Phi) is 2.60. The standard InChI is InChI=1S/C17H13N3O/c1-12-15(16(19-21-12)13-7-3-2-4-8-13)17-14-9-5-6-10-20(14)11-18-17/h2-11H,1H3. The number of hydrogen-bond donors (Lipinski definition) is 0. The molecule has 3 heterocycles. The summed E-state index contributed by atoms with van der Waals surface area (Å²) in [4.78, 5) is 4.55. The second-order valence-corrected chi connectivity index (χ2v) is 4.91. The van der Waals surface area contributed by atoms with Crippen LogP contribution >= 0.6 is 0 Å². The highest BCUT2D eigenvalue weighted by Crippen LogP contribution is 2.35. The summed E-state index contributed by atoms with van der Waals surface area (Å²) < 4.78 is 7.42. The van der Waals surface area contributed by atoms with Crippen molar-refractivity contribution >= 4 is 5.52 Å². The van der Waals surface area contributed by atoms with E-state index in [0.29, 0.717) is 0 Å². The first-order valence-corrected chi connectivity index (χ1v) is 6.78. The SMILES string of the molecule is Cc1onc(-c2ccccc2)c1-c1ncn2ccccc12. The second kappa shape index (κ2) is 4.59. The number of nitrogens with zero attached hydrogens (tertiary/aromatic N) is 3. The molecule has 0 aliphatic rings. The van der Waals surface area contributed by atoms with E-state index in [2.05, 4.69) is 10.1 Å². The van der Waals surface area contributed by atoms with Crippen LogP contribution in [-0.2, 0) is 0 Å². The van der Waals surface area contributed by atoms with Crippen molar-refractivity contribution in [3.05, 3.63) is 66.8 Å². The number of aromatic nitrogens is 3. The molecule has 0 aliphatic carbocycles. The van der Waals surface area contributed by atoms with Gasteiger partial charge in [-0.2, -0.15) is 0 Å². The molecule has 0 radical (unpaired) electrons. The Morgan fingerprint density at radius 2 is 1.76 bits per heavy atom. The van der Waals surface area contributed by atoms with Gasteiger partial charge in [-0.15, -0.1) is 0 Å². The minimum absolute atomic E-state index is 0.776. The highest BCUT2D eigenvalue weighted by Gasteiger charge is 2.20. The Hall–Kier alpha value is -2.88. The van der Waals surface area contributed by atoms with Gasteiger partial charge in [-0.1, -0.05) is 41.6 Å². The number of fused-ring (bicyclic) bond motifs is 1. The summed E-state index contributed by atoms with van der Waals surface area (Å²) in [6.45, 7) is 1.92. The molecule has 102 valence electrons. The van der Waals surface area contributed by atoms with Gasteiger partial charge < -0.3 is 8.92 Å². The van der Waals surface area contributed by atoms with Gasteiger partial charge in [0.05, 0.1) is 17.4 Å². The van der Waals surface area contributed by atoms with Gasteiger partial charge >= 0.3 is 0 Å². The summed E-state index contributed by atoms with van der Waals surface area (Å²) in [7, 11) is 0. The van der Waals surface area contributed by atoms with Crippen LogP contribution in [-0.4, -0.2) is 14.5 Å². The van der Waals surface area contributed by atoms with Gasteiger partial charge in [-0.25, -0.2) is 4.98 Å². The van der Waals surface area contributed by atoms with Gasteiger partial charge in [0.25, 0.3) is 0 Å². The number of benzene rings is 1. The summed E-state index contributed by atoms with van der Waals surface area (Å²) >= 11 is 0. The van der Waals surface area contributed by atoms with Crippen molar-refractivity contribution in [1.29, 1.82) is 0 Å². The lowest BCUT2D eigenvalue weighted by Crippen LogP contribution is -1.86. The van der Waals surface area contributed by atoms with E-state index in [0.717, 1.165) is 33.8 Å². The van der Waals surface area contributed by atoms with Crippen LogP contribution in [0.1, 0.15) is 5.76 Å². The lowest BCUT2D eigenvalue weighted by atomic mass is 10.0. The Bertz CT molecular complexity index is 906. The number of imidazole rings is 1. The first-order chi connectivity index (χ1) is 10.3. The predicted molar refractivity (Wildman–Crippen MR) is 80.9 cm³/mol. The van der Waals surface area contributed by atoms with Crippen molar-refractivity contribution in [3.8, 4) is 22.5 Å². The van der Waals surface area contributed by atoms with E-state index < -0.39 is 0 Å². The van der Waals surface area contributed by atoms with Gasteiger partial charge in [0.1, 0.15) is 17.1 Å². The van der Waals surface area contributed by atoms with Gasteiger partial charge in [-0.05, 0) is 19.1 Å². The maximum absolute atomic E-state index is 5.42. The van der Waals surface area contributed by atoms with E-state index in [-0.39, 0.29) is 0 Å². The third-order valence-corrected chi connectivity index (χ3v) is 3.59. The third kappa shape index (κ3) is 1.84. The maximum Gasteiger partial charge on any atom is 0.143 e. The van der Waals surface area contributed by atoms with Crippen molar-refractivity contribution in [3.63, 3.8) is 0 Å². The molecule has 4 nitrogen and oxygen atoms in total. The Labute approximate surface area is 121 Å². The maximum atomic E-state index is 5.42. The molecule has 4 aromatic rings. The molecule has 4 rings (SSSR count). The number of hydrogen-bond acceptors (Lipinski definition) is 3. The minimum Gasteiger partial charge on any atom is -0.360 e. The number of aryl methyl sites for hydroxylation is 1. The zero-order valence-corrected chi connectivity index (χ0v) is 11.5. The predicted octanol–water partition coefficient (Wildman–Crippen LogP) is 3.96. The number of rotatable bonds is 2. The highest BCUT2D eigenvalue weighted by atomic mass is 16.5. The van der Waals surface area contributed by atoms with E-state index in [4.69, 9.17) is 4.52 Å². The first kappa shape index (κ1) is 11.9. The number of pyridine rings is 1. The summed E-state index contributed by atoms with van der Waals surface area (Å²) in [5.74, 6) is 0.776. The topological polar surface area (TPSA) is 43.3 Å². The molecule has 4 heteroatoms. The van der Waals surface area contributed by atoms with Gasteiger partial charge in [0.2, 0.25) is 0 Å². The largest absolute Gasteiger partial charge is 0.360 e. The van der Waals surface area contributed by atoms with Crippen LogP contribution in [0.4, 0.5) is 0 Å². The van der Waals surface area contributed by atoms with Crippen molar-refractivity contribution < 1.29 is 4.52 Å². The lowest BCUT2D eigenvalue weighted by molar-refractivity contribution is 0.400. The fourth-order valence-corrected chi connectivity index (χ4v) is 2.58. The van der Waals surface area contributed by atoms with Crippen LogP contribution in [0.15, 0.2) is 65.6 Å². The molecule has 0 fully saturated rings. The molecule has 0 aliphatic heterocycles. The molecule has 0 saturated heterocycles. The van der Waals surface area contributed by atoms with Crippen LogP contribution < -0.4 is 0 Å². The van der Waals surface area contributed by atoms with Crippen LogP contribution in [0.2, 0.25) is 0 Å². The van der Waals surface area contributed by atoms with E-state index in [9.17, 15) is 0 Å². The van der Waals surface area contributed by atoms with Gasteiger partial charge in [0.15, 0.2) is 0 Å². The van der Waals surface area contributed by atoms with Gasteiger partial charge in [0, 0.05) is 11.8 Å². The van der Waals surface area contributed by atoms with Crippen molar-refractivity contribution in [1.82, 2.24) is 14.5 Å². The fourth-order valence-electron chi connectivity index (χ4n) is 2.58. The smallest absolute Gasteiger partial charge is 0.143 e. The van der Waals surface area contributed by atoms with Crippen LogP contribution in [0.25, 0.3) is 28.0 Å². The molecule has 0 N–H and O–H groups in total. The van der Waals surface area contributed by atoms with E-state index in [1.165, 1.54) is 0 Å². The zero-order valence-electron chi connectivity index (χ0n) is 11.5. The Morgan fingerprint density at radius 3 is 2.62 bits per heavy atom. The molecular formula is C17H13N3O. The van der Waals surface area contributed by atoms with Crippen LogP contribution in [0.3, 0.4) is 0 Å². The minimum atomic E-state index is 0.776. The van der Waals surface area contributed by atoms with Crippen LogP contribution in [0, 0.1) is 6.92 Å². The molecule has 1 aromatic carbocycles. The molecule has 0 saturated carbocycles. The second-order valence-electron chi connectivity index (χ2n) is 4.91. The van der Waals surface area contributed by atoms with E-state index in [1.54, 1.807) is 0 Å². The highest BCUT2D eigenvalue weighted by molar-refractivity contribution is 5.87. The van der Waals surface area contributed by atoms with E-state index >= 15 is 0 Å². The molecule has 3 aromatic heterocycles. The molecular weight excluding hydrogens is 262 g/mol. The molecule has 0 unspecified atom stereocenters. The Balaban J connectivity index is 1.99. The summed E-state index contributed by atoms with van der Waals surface area (Å²) in [5, 5.41) is 4.22. The third-order valence-electron chi connectivity index (χ3n) is 3.59. The monoisotopic (exact) mass is 275 g/mol. The summed E-state index contributed by atoms with van der Waals surface area (Å²) in [6.07, 6.45) is 3.79. The summed E-state index contributed by atoms with van der Waals surface area (Å²) in [6, 6.07) is 16.1.